The van der Waals surface area contributed by atoms with Crippen LogP contribution in [0.25, 0.3) is 0 Å². The summed E-state index contributed by atoms with van der Waals surface area (Å²) in [5, 5.41) is 2.72. The molecular formula is C31H32Br2N2O6S. The van der Waals surface area contributed by atoms with Crippen molar-refractivity contribution in [2.75, 3.05) is 19.1 Å². The number of ketones is 2. The maximum absolute atomic E-state index is 14.4. The van der Waals surface area contributed by atoms with Gasteiger partial charge in [0, 0.05) is 54.2 Å². The molecule has 0 spiro atoms. The molecule has 0 aliphatic heterocycles. The molecule has 1 N–H and O–H groups in total. The van der Waals surface area contributed by atoms with Gasteiger partial charge in [0.2, 0.25) is 29.0 Å². The molecule has 42 heavy (non-hydrogen) atoms. The van der Waals surface area contributed by atoms with E-state index in [0.29, 0.717) is 18.5 Å². The minimum atomic E-state index is -2.20. The van der Waals surface area contributed by atoms with Crippen molar-refractivity contribution in [2.24, 2.45) is 11.8 Å². The van der Waals surface area contributed by atoms with E-state index in [-0.39, 0.29) is 22.8 Å². The van der Waals surface area contributed by atoms with E-state index in [4.69, 9.17) is 4.74 Å². The van der Waals surface area contributed by atoms with Crippen molar-refractivity contribution >= 4 is 78.6 Å². The molecule has 3 rings (SSSR count). The van der Waals surface area contributed by atoms with Gasteiger partial charge in [-0.25, -0.2) is 0 Å². The standard InChI is InChI=1S/C31H32Br2N2O6S/c1-6-20(7-10-23(33)15-32)14-22(17-36)26(31(41-5)28(38)25-13-18(2)42-27(25)29(31)39)30(40)35(4)24-11-8-21(9-12-24)16-34-19(3)37/h6-13,15,17,22,26H,14,16H2,1-5H3,(H,34,37)/b10-7-,20-6+,23-15-. The Bertz CT molecular complexity index is 1440. The van der Waals surface area contributed by atoms with Crippen LogP contribution in [0, 0.1) is 18.8 Å². The Hall–Kier alpha value is -2.99. The minimum Gasteiger partial charge on any atom is -0.361 e. The van der Waals surface area contributed by atoms with Crippen LogP contribution in [0.4, 0.5) is 5.69 Å². The molecular weight excluding hydrogens is 688 g/mol. The Kier molecular flexibility index (Phi) is 11.5. The molecule has 8 nitrogen and oxygen atoms in total. The van der Waals surface area contributed by atoms with Crippen LogP contribution in [-0.2, 0) is 25.7 Å². The Morgan fingerprint density at radius 2 is 1.83 bits per heavy atom. The zero-order valence-corrected chi connectivity index (χ0v) is 27.9. The van der Waals surface area contributed by atoms with E-state index in [2.05, 4.69) is 37.2 Å². The second-order valence-electron chi connectivity index (χ2n) is 9.84. The summed E-state index contributed by atoms with van der Waals surface area (Å²) in [6, 6.07) is 8.55. The molecule has 0 saturated carbocycles. The first-order chi connectivity index (χ1) is 19.9. The number of hydrogen-bond acceptors (Lipinski definition) is 7. The topological polar surface area (TPSA) is 110 Å². The number of benzene rings is 1. The molecule has 0 radical (unpaired) electrons. The average molecular weight is 720 g/mol. The zero-order chi connectivity index (χ0) is 31.2. The van der Waals surface area contributed by atoms with Gasteiger partial charge in [-0.15, -0.1) is 11.3 Å². The van der Waals surface area contributed by atoms with Gasteiger partial charge < -0.3 is 19.7 Å². The summed E-state index contributed by atoms with van der Waals surface area (Å²) in [4.78, 5) is 70.4. The summed E-state index contributed by atoms with van der Waals surface area (Å²) in [6.45, 7) is 5.34. The van der Waals surface area contributed by atoms with E-state index >= 15 is 0 Å². The van der Waals surface area contributed by atoms with E-state index in [0.717, 1.165) is 20.5 Å². The van der Waals surface area contributed by atoms with Crippen LogP contribution in [0.3, 0.4) is 0 Å². The van der Waals surface area contributed by atoms with Gasteiger partial charge in [0.05, 0.1) is 10.8 Å². The lowest BCUT2D eigenvalue weighted by Gasteiger charge is -2.37. The smallest absolute Gasteiger partial charge is 0.234 e. The molecule has 1 aromatic carbocycles. The summed E-state index contributed by atoms with van der Waals surface area (Å²) in [7, 11) is 2.76. The van der Waals surface area contributed by atoms with Crippen molar-refractivity contribution in [1.82, 2.24) is 5.32 Å². The van der Waals surface area contributed by atoms with Crippen LogP contribution in [0.2, 0.25) is 0 Å². The molecule has 0 fully saturated rings. The van der Waals surface area contributed by atoms with Gasteiger partial charge in [-0.2, -0.15) is 0 Å². The normalized spacial score (nSPS) is 18.6. The van der Waals surface area contributed by atoms with E-state index in [9.17, 15) is 24.0 Å². The molecule has 1 aliphatic rings. The molecule has 1 heterocycles. The van der Waals surface area contributed by atoms with Gasteiger partial charge in [0.15, 0.2) is 0 Å². The fourth-order valence-corrected chi connectivity index (χ4v) is 6.29. The van der Waals surface area contributed by atoms with Crippen LogP contribution in [0.1, 0.15) is 50.7 Å². The van der Waals surface area contributed by atoms with Crippen LogP contribution in [-0.4, -0.2) is 49.4 Å². The largest absolute Gasteiger partial charge is 0.361 e. The number of nitrogens with one attached hydrogen (secondary N) is 1. The summed E-state index contributed by atoms with van der Waals surface area (Å²) < 4.78 is 6.50. The first kappa shape index (κ1) is 33.5. The van der Waals surface area contributed by atoms with E-state index in [1.807, 2.05) is 0 Å². The number of nitrogens with zero attached hydrogens (tertiary/aromatic N) is 1. The highest BCUT2D eigenvalue weighted by molar-refractivity contribution is 9.14. The number of aldehydes is 1. The number of methoxy groups -OCH3 is 1. The fraction of sp³-hybridized carbons (Fsp3) is 0.323. The van der Waals surface area contributed by atoms with Crippen LogP contribution >= 0.6 is 43.2 Å². The molecule has 1 aliphatic carbocycles. The molecule has 1 aromatic heterocycles. The Morgan fingerprint density at radius 3 is 2.36 bits per heavy atom. The maximum Gasteiger partial charge on any atom is 0.234 e. The van der Waals surface area contributed by atoms with Gasteiger partial charge in [-0.3, -0.25) is 19.2 Å². The van der Waals surface area contributed by atoms with Gasteiger partial charge in [-0.1, -0.05) is 61.7 Å². The number of carbonyl (C=O) groups is 5. The number of amides is 2. The summed E-state index contributed by atoms with van der Waals surface area (Å²) >= 11 is 7.80. The Labute approximate surface area is 266 Å². The third kappa shape index (κ3) is 6.80. The van der Waals surface area contributed by atoms with E-state index in [1.54, 1.807) is 67.4 Å². The number of allylic oxidation sites excluding steroid dienone is 5. The highest BCUT2D eigenvalue weighted by atomic mass is 79.9. The number of Topliss-reactive ketones (excluding diaryl/α,β-unsaturated/α-hetero) is 2. The Balaban J connectivity index is 2.10. The third-order valence-corrected chi connectivity index (χ3v) is 9.86. The average Bonchev–Trinajstić information content (AvgIpc) is 3.47. The number of carbonyl (C=O) groups excluding carboxylic acids is 5. The first-order valence-electron chi connectivity index (χ1n) is 13.1. The van der Waals surface area contributed by atoms with E-state index in [1.165, 1.54) is 37.3 Å². The Morgan fingerprint density at radius 1 is 1.17 bits per heavy atom. The SMILES string of the molecule is C\C=C(/C=C\C(Br)=C\Br)CC(C=O)C(C(=O)N(C)c1ccc(CNC(C)=O)cc1)C1(OC)C(=O)c2cc(C)sc2C1=O. The van der Waals surface area contributed by atoms with Gasteiger partial charge in [0.25, 0.3) is 0 Å². The maximum atomic E-state index is 14.4. The molecule has 3 atom stereocenters. The quantitative estimate of drug-likeness (QED) is 0.162. The summed E-state index contributed by atoms with van der Waals surface area (Å²) in [5.74, 6) is -4.55. The summed E-state index contributed by atoms with van der Waals surface area (Å²) in [5.41, 5.74) is 0.0224. The van der Waals surface area contributed by atoms with E-state index < -0.39 is 34.9 Å². The second-order valence-corrected chi connectivity index (χ2v) is 12.5. The molecule has 2 amide bonds. The van der Waals surface area contributed by atoms with Crippen LogP contribution in [0.5, 0.6) is 0 Å². The van der Waals surface area contributed by atoms with Crippen molar-refractivity contribution in [3.63, 3.8) is 0 Å². The van der Waals surface area contributed by atoms with Gasteiger partial charge >= 0.3 is 0 Å². The number of rotatable bonds is 12. The van der Waals surface area contributed by atoms with Crippen molar-refractivity contribution in [2.45, 2.75) is 39.3 Å². The molecule has 11 heteroatoms. The zero-order valence-electron chi connectivity index (χ0n) is 23.9. The van der Waals surface area contributed by atoms with Crippen LogP contribution in [0.15, 0.2) is 63.6 Å². The molecule has 222 valence electrons. The molecule has 0 saturated heterocycles. The minimum absolute atomic E-state index is 0.0807. The van der Waals surface area contributed by atoms with Gasteiger partial charge in [0.1, 0.15) is 6.29 Å². The van der Waals surface area contributed by atoms with Crippen LogP contribution < -0.4 is 10.2 Å². The highest BCUT2D eigenvalue weighted by Crippen LogP contribution is 2.46. The number of ether oxygens (including phenoxy) is 1. The number of aryl methyl sites for hydroxylation is 1. The van der Waals surface area contributed by atoms with Crippen molar-refractivity contribution in [3.8, 4) is 0 Å². The van der Waals surface area contributed by atoms with Crippen molar-refractivity contribution < 1.29 is 28.7 Å². The lowest BCUT2D eigenvalue weighted by Crippen LogP contribution is -2.59. The first-order valence-corrected chi connectivity index (χ1v) is 15.6. The predicted octanol–water partition coefficient (Wildman–Crippen LogP) is 6.07. The third-order valence-electron chi connectivity index (χ3n) is 7.21. The molecule has 0 bridgehead atoms. The number of fused-ring (bicyclic) bond motifs is 1. The van der Waals surface area contributed by atoms with Crippen molar-refractivity contribution in [3.05, 3.63) is 84.5 Å². The number of anilines is 1. The highest BCUT2D eigenvalue weighted by Gasteiger charge is 2.63. The lowest BCUT2D eigenvalue weighted by molar-refractivity contribution is -0.135. The van der Waals surface area contributed by atoms with Gasteiger partial charge in [-0.05, 0) is 55.1 Å². The monoisotopic (exact) mass is 718 g/mol. The number of hydrogen-bond donors (Lipinski definition) is 1. The number of thiophene rings is 1. The second kappa shape index (κ2) is 14.5. The molecule has 3 unspecified atom stereocenters. The van der Waals surface area contributed by atoms with Crippen molar-refractivity contribution in [1.29, 1.82) is 0 Å². The summed E-state index contributed by atoms with van der Waals surface area (Å²) in [6.07, 6.45) is 6.07. The fourth-order valence-electron chi connectivity index (χ4n) is 5.00. The predicted molar refractivity (Wildman–Crippen MR) is 171 cm³/mol. The number of halogens is 2. The lowest BCUT2D eigenvalue weighted by atomic mass is 9.72. The molecule has 2 aromatic rings.